The van der Waals surface area contributed by atoms with Crippen molar-refractivity contribution in [3.05, 3.63) is 32.7 Å². The molecule has 1 aliphatic rings. The molecule has 1 atom stereocenters. The normalized spacial score (nSPS) is 19.8. The minimum absolute atomic E-state index is 0.571. The van der Waals surface area contributed by atoms with E-state index in [2.05, 4.69) is 74.1 Å². The molecule has 0 saturated carbocycles. The smallest absolute Gasteiger partial charge is 0.0320 e. The van der Waals surface area contributed by atoms with Crippen LogP contribution in [0.15, 0.2) is 27.1 Å². The first-order valence-corrected chi connectivity index (χ1v) is 9.06. The van der Waals surface area contributed by atoms with Crippen LogP contribution in [-0.4, -0.2) is 30.1 Å². The van der Waals surface area contributed by atoms with Gasteiger partial charge in [0, 0.05) is 34.1 Å². The fraction of sp³-hybridized carbons (Fsp3) is 0.625. The Balaban J connectivity index is 1.99. The lowest BCUT2D eigenvalue weighted by atomic mass is 10.0. The average molecular weight is 404 g/mol. The van der Waals surface area contributed by atoms with E-state index in [0.717, 1.165) is 22.0 Å². The number of piperidine rings is 1. The Morgan fingerprint density at radius 3 is 2.65 bits per heavy atom. The molecule has 1 fully saturated rings. The summed E-state index contributed by atoms with van der Waals surface area (Å²) in [6.45, 7) is 7.92. The Kier molecular flexibility index (Phi) is 6.53. The van der Waals surface area contributed by atoms with Crippen LogP contribution in [0.25, 0.3) is 0 Å². The van der Waals surface area contributed by atoms with Crippen LogP contribution in [0.5, 0.6) is 0 Å². The van der Waals surface area contributed by atoms with Gasteiger partial charge in [-0.2, -0.15) is 0 Å². The lowest BCUT2D eigenvalue weighted by Gasteiger charge is -2.33. The number of hydrogen-bond acceptors (Lipinski definition) is 2. The van der Waals surface area contributed by atoms with Crippen molar-refractivity contribution in [3.8, 4) is 0 Å². The van der Waals surface area contributed by atoms with Crippen LogP contribution >= 0.6 is 31.9 Å². The van der Waals surface area contributed by atoms with Crippen molar-refractivity contribution in [1.82, 2.24) is 10.2 Å². The summed E-state index contributed by atoms with van der Waals surface area (Å²) in [5.74, 6) is 0. The van der Waals surface area contributed by atoms with Crippen LogP contribution < -0.4 is 5.32 Å². The molecule has 0 spiro atoms. The number of benzene rings is 1. The van der Waals surface area contributed by atoms with E-state index < -0.39 is 0 Å². The largest absolute Gasteiger partial charge is 0.313 e. The van der Waals surface area contributed by atoms with E-state index in [4.69, 9.17) is 0 Å². The Labute approximate surface area is 139 Å². The zero-order chi connectivity index (χ0) is 14.5. The van der Waals surface area contributed by atoms with Gasteiger partial charge in [0.2, 0.25) is 0 Å². The van der Waals surface area contributed by atoms with E-state index in [1.54, 1.807) is 0 Å². The molecular weight excluding hydrogens is 380 g/mol. The summed E-state index contributed by atoms with van der Waals surface area (Å²) in [4.78, 5) is 2.57. The van der Waals surface area contributed by atoms with Crippen molar-refractivity contribution in [3.63, 3.8) is 0 Å². The van der Waals surface area contributed by atoms with E-state index >= 15 is 0 Å². The molecule has 1 saturated heterocycles. The summed E-state index contributed by atoms with van der Waals surface area (Å²) >= 11 is 7.13. The summed E-state index contributed by atoms with van der Waals surface area (Å²) in [7, 11) is 0. The molecular formula is C16H24Br2N2. The molecule has 0 bridgehead atoms. The number of halogens is 2. The van der Waals surface area contributed by atoms with Crippen molar-refractivity contribution >= 4 is 31.9 Å². The molecule has 20 heavy (non-hydrogen) atoms. The fourth-order valence-corrected chi connectivity index (χ4v) is 3.37. The van der Waals surface area contributed by atoms with E-state index in [1.807, 2.05) is 0 Å². The van der Waals surface area contributed by atoms with Crippen molar-refractivity contribution in [2.45, 2.75) is 51.7 Å². The van der Waals surface area contributed by atoms with Gasteiger partial charge in [-0.25, -0.2) is 0 Å². The molecule has 0 amide bonds. The standard InChI is InChI=1S/C16H24Br2N2/c1-12(2)20(11-14-5-3-4-8-19-14)10-13-6-7-15(17)16(18)9-13/h6-7,9,12,14,19H,3-5,8,10-11H2,1-2H3. The Bertz CT molecular complexity index is 428. The summed E-state index contributed by atoms with van der Waals surface area (Å²) in [5, 5.41) is 3.65. The minimum Gasteiger partial charge on any atom is -0.313 e. The molecule has 0 aliphatic carbocycles. The van der Waals surface area contributed by atoms with E-state index in [-0.39, 0.29) is 0 Å². The first-order valence-electron chi connectivity index (χ1n) is 7.47. The number of nitrogens with zero attached hydrogens (tertiary/aromatic N) is 1. The van der Waals surface area contributed by atoms with E-state index in [1.165, 1.54) is 31.4 Å². The average Bonchev–Trinajstić information content (AvgIpc) is 2.43. The molecule has 2 nitrogen and oxygen atoms in total. The van der Waals surface area contributed by atoms with Crippen LogP contribution in [0.4, 0.5) is 0 Å². The maximum atomic E-state index is 3.65. The summed E-state index contributed by atoms with van der Waals surface area (Å²) in [6, 6.07) is 7.77. The molecule has 2 rings (SSSR count). The molecule has 1 aromatic rings. The SMILES string of the molecule is CC(C)N(Cc1ccc(Br)c(Br)c1)CC1CCCCN1. The maximum absolute atomic E-state index is 3.65. The van der Waals surface area contributed by atoms with Gasteiger partial charge in [0.15, 0.2) is 0 Å². The van der Waals surface area contributed by atoms with Gasteiger partial charge in [0.05, 0.1) is 0 Å². The fourth-order valence-electron chi connectivity index (χ4n) is 2.69. The van der Waals surface area contributed by atoms with Gasteiger partial charge in [0.25, 0.3) is 0 Å². The van der Waals surface area contributed by atoms with Gasteiger partial charge in [-0.1, -0.05) is 12.5 Å². The monoisotopic (exact) mass is 402 g/mol. The van der Waals surface area contributed by atoms with Gasteiger partial charge >= 0.3 is 0 Å². The minimum atomic E-state index is 0.571. The summed E-state index contributed by atoms with van der Waals surface area (Å²) in [5.41, 5.74) is 1.37. The molecule has 0 aromatic heterocycles. The van der Waals surface area contributed by atoms with E-state index in [9.17, 15) is 0 Å². The molecule has 1 aromatic carbocycles. The van der Waals surface area contributed by atoms with Crippen LogP contribution in [0.2, 0.25) is 0 Å². The third kappa shape index (κ3) is 4.83. The quantitative estimate of drug-likeness (QED) is 0.774. The lowest BCUT2D eigenvalue weighted by Crippen LogP contribution is -2.45. The van der Waals surface area contributed by atoms with Crippen molar-refractivity contribution in [2.24, 2.45) is 0 Å². The highest BCUT2D eigenvalue weighted by atomic mass is 79.9. The van der Waals surface area contributed by atoms with Gasteiger partial charge in [0.1, 0.15) is 0 Å². The Hall–Kier alpha value is 0.1000. The van der Waals surface area contributed by atoms with Crippen molar-refractivity contribution < 1.29 is 0 Å². The molecule has 4 heteroatoms. The first-order chi connectivity index (χ1) is 9.56. The van der Waals surface area contributed by atoms with Gasteiger partial charge in [-0.05, 0) is 82.8 Å². The third-order valence-electron chi connectivity index (χ3n) is 3.97. The van der Waals surface area contributed by atoms with Crippen molar-refractivity contribution in [2.75, 3.05) is 13.1 Å². The zero-order valence-electron chi connectivity index (χ0n) is 12.3. The topological polar surface area (TPSA) is 15.3 Å². The number of rotatable bonds is 5. The second kappa shape index (κ2) is 7.92. The Morgan fingerprint density at radius 2 is 2.05 bits per heavy atom. The number of hydrogen-bond donors (Lipinski definition) is 1. The number of nitrogens with one attached hydrogen (secondary N) is 1. The van der Waals surface area contributed by atoms with Crippen LogP contribution in [0.1, 0.15) is 38.7 Å². The molecule has 1 unspecified atom stereocenters. The predicted octanol–water partition coefficient (Wildman–Crippen LogP) is 4.56. The van der Waals surface area contributed by atoms with Crippen molar-refractivity contribution in [1.29, 1.82) is 0 Å². The van der Waals surface area contributed by atoms with Crippen LogP contribution in [0, 0.1) is 0 Å². The molecule has 1 aliphatic heterocycles. The molecule has 0 radical (unpaired) electrons. The zero-order valence-corrected chi connectivity index (χ0v) is 15.5. The summed E-state index contributed by atoms with van der Waals surface area (Å²) < 4.78 is 2.25. The third-order valence-corrected chi connectivity index (χ3v) is 5.85. The van der Waals surface area contributed by atoms with Crippen LogP contribution in [0.3, 0.4) is 0 Å². The summed E-state index contributed by atoms with van der Waals surface area (Å²) in [6.07, 6.45) is 4.01. The molecule has 1 N–H and O–H groups in total. The van der Waals surface area contributed by atoms with Gasteiger partial charge in [-0.15, -0.1) is 0 Å². The highest BCUT2D eigenvalue weighted by Crippen LogP contribution is 2.25. The molecule has 1 heterocycles. The predicted molar refractivity (Wildman–Crippen MR) is 93.0 cm³/mol. The van der Waals surface area contributed by atoms with Gasteiger partial charge < -0.3 is 5.32 Å². The molecule has 112 valence electrons. The van der Waals surface area contributed by atoms with Gasteiger partial charge in [-0.3, -0.25) is 4.90 Å². The second-order valence-corrected chi connectivity index (χ2v) is 7.63. The lowest BCUT2D eigenvalue weighted by molar-refractivity contribution is 0.177. The van der Waals surface area contributed by atoms with E-state index in [0.29, 0.717) is 12.1 Å². The highest BCUT2D eigenvalue weighted by Gasteiger charge is 2.18. The Morgan fingerprint density at radius 1 is 1.25 bits per heavy atom. The second-order valence-electron chi connectivity index (χ2n) is 5.92. The first kappa shape index (κ1) is 16.5. The maximum Gasteiger partial charge on any atom is 0.0320 e. The van der Waals surface area contributed by atoms with Crippen LogP contribution in [-0.2, 0) is 6.54 Å². The highest BCUT2D eigenvalue weighted by molar-refractivity contribution is 9.13.